The summed E-state index contributed by atoms with van der Waals surface area (Å²) >= 11 is 0. The Kier molecular flexibility index (Phi) is 6.45. The van der Waals surface area contributed by atoms with Crippen LogP contribution in [0.1, 0.15) is 17.5 Å². The van der Waals surface area contributed by atoms with Crippen molar-refractivity contribution in [3.05, 3.63) is 66.2 Å². The fourth-order valence-electron chi connectivity index (χ4n) is 2.95. The smallest absolute Gasteiger partial charge is 0.248 e. The predicted octanol–water partition coefficient (Wildman–Crippen LogP) is 2.77. The molecule has 1 saturated heterocycles. The molecule has 1 heterocycles. The highest BCUT2D eigenvalue weighted by molar-refractivity contribution is 6.17. The highest BCUT2D eigenvalue weighted by Gasteiger charge is 2.16. The van der Waals surface area contributed by atoms with Gasteiger partial charge in [-0.1, -0.05) is 30.8 Å². The predicted molar refractivity (Wildman–Crippen MR) is 107 cm³/mol. The molecular weight excluding hydrogens is 356 g/mol. The van der Waals surface area contributed by atoms with Crippen molar-refractivity contribution in [2.45, 2.75) is 12.8 Å². The minimum atomic E-state index is -0.545. The molecule has 2 aromatic carbocycles. The molecule has 0 unspecified atom stereocenters. The van der Waals surface area contributed by atoms with Gasteiger partial charge in [0.05, 0.1) is 13.2 Å². The molecule has 2 aromatic rings. The van der Waals surface area contributed by atoms with Gasteiger partial charge in [-0.2, -0.15) is 0 Å². The first-order valence-electron chi connectivity index (χ1n) is 9.24. The fourth-order valence-corrected chi connectivity index (χ4v) is 2.95. The summed E-state index contributed by atoms with van der Waals surface area (Å²) in [6.45, 7) is 6.26. The molecule has 0 spiro atoms. The number of aryl methyl sites for hydroxylation is 1. The molecule has 0 radical (unpaired) electrons. The first-order chi connectivity index (χ1) is 13.5. The Morgan fingerprint density at radius 1 is 1.00 bits per heavy atom. The number of morpholine rings is 1. The monoisotopic (exact) mass is 380 g/mol. The second-order valence-electron chi connectivity index (χ2n) is 6.61. The van der Waals surface area contributed by atoms with Crippen molar-refractivity contribution in [3.8, 4) is 11.5 Å². The maximum absolute atomic E-state index is 12.2. The van der Waals surface area contributed by atoms with E-state index in [-0.39, 0.29) is 11.5 Å². The Bertz CT molecular complexity index is 838. The Morgan fingerprint density at radius 2 is 1.57 bits per heavy atom. The van der Waals surface area contributed by atoms with Gasteiger partial charge < -0.3 is 20.1 Å². The largest absolute Gasteiger partial charge is 0.457 e. The lowest BCUT2D eigenvalue weighted by atomic mass is 10.1. The normalized spacial score (nSPS) is 13.8. The standard InChI is InChI=1S/C22H24N2O4/c1-16(22(23)26)18-5-9-20(10-6-18)28-19-7-2-17(3-8-19)4-11-21(25)24-12-14-27-15-13-24/h2-3,5-10H,1,4,11-15H2,(H2,23,26). The van der Waals surface area contributed by atoms with E-state index in [0.29, 0.717) is 56.2 Å². The zero-order valence-corrected chi connectivity index (χ0v) is 15.7. The van der Waals surface area contributed by atoms with Crippen LogP contribution in [0.25, 0.3) is 5.57 Å². The number of amides is 2. The van der Waals surface area contributed by atoms with Crippen molar-refractivity contribution < 1.29 is 19.1 Å². The van der Waals surface area contributed by atoms with E-state index >= 15 is 0 Å². The van der Waals surface area contributed by atoms with Gasteiger partial charge in [-0.25, -0.2) is 0 Å². The Hall–Kier alpha value is -3.12. The number of hydrogen-bond donors (Lipinski definition) is 1. The molecule has 6 heteroatoms. The van der Waals surface area contributed by atoms with Crippen LogP contribution in [-0.4, -0.2) is 43.0 Å². The number of benzene rings is 2. The Balaban J connectivity index is 1.52. The molecule has 0 bridgehead atoms. The van der Waals surface area contributed by atoms with Crippen LogP contribution in [0.3, 0.4) is 0 Å². The van der Waals surface area contributed by atoms with Crippen LogP contribution in [0.4, 0.5) is 0 Å². The van der Waals surface area contributed by atoms with Crippen molar-refractivity contribution in [2.24, 2.45) is 5.73 Å². The minimum Gasteiger partial charge on any atom is -0.457 e. The zero-order chi connectivity index (χ0) is 19.9. The molecule has 0 aliphatic carbocycles. The third kappa shape index (κ3) is 5.20. The molecule has 0 atom stereocenters. The van der Waals surface area contributed by atoms with Gasteiger partial charge in [-0.05, 0) is 41.8 Å². The van der Waals surface area contributed by atoms with E-state index < -0.39 is 5.91 Å². The van der Waals surface area contributed by atoms with E-state index in [1.807, 2.05) is 29.2 Å². The lowest BCUT2D eigenvalue weighted by molar-refractivity contribution is -0.135. The average molecular weight is 380 g/mol. The van der Waals surface area contributed by atoms with Gasteiger partial charge >= 0.3 is 0 Å². The number of ether oxygens (including phenoxy) is 2. The number of carbonyl (C=O) groups excluding carboxylic acids is 2. The van der Waals surface area contributed by atoms with Crippen molar-refractivity contribution in [1.29, 1.82) is 0 Å². The molecule has 6 nitrogen and oxygen atoms in total. The number of nitrogens with two attached hydrogens (primary N) is 1. The van der Waals surface area contributed by atoms with Crippen LogP contribution in [-0.2, 0) is 20.7 Å². The quantitative estimate of drug-likeness (QED) is 0.749. The third-order valence-corrected chi connectivity index (χ3v) is 4.65. The maximum Gasteiger partial charge on any atom is 0.248 e. The number of nitrogens with zero attached hydrogens (tertiary/aromatic N) is 1. The molecule has 1 fully saturated rings. The third-order valence-electron chi connectivity index (χ3n) is 4.65. The van der Waals surface area contributed by atoms with E-state index in [1.165, 1.54) is 0 Å². The second-order valence-corrected chi connectivity index (χ2v) is 6.61. The van der Waals surface area contributed by atoms with Crippen LogP contribution < -0.4 is 10.5 Å². The van der Waals surface area contributed by atoms with E-state index in [4.69, 9.17) is 15.2 Å². The average Bonchev–Trinajstić information content (AvgIpc) is 2.73. The Morgan fingerprint density at radius 3 is 2.14 bits per heavy atom. The van der Waals surface area contributed by atoms with E-state index in [0.717, 1.165) is 5.56 Å². The molecule has 0 aromatic heterocycles. The Labute approximate surface area is 164 Å². The molecule has 3 rings (SSSR count). The molecule has 146 valence electrons. The van der Waals surface area contributed by atoms with Crippen molar-refractivity contribution in [2.75, 3.05) is 26.3 Å². The number of rotatable bonds is 7. The summed E-state index contributed by atoms with van der Waals surface area (Å²) in [5.74, 6) is 0.971. The second kappa shape index (κ2) is 9.19. The number of carbonyl (C=O) groups is 2. The zero-order valence-electron chi connectivity index (χ0n) is 15.7. The number of hydrogen-bond acceptors (Lipinski definition) is 4. The topological polar surface area (TPSA) is 81.9 Å². The van der Waals surface area contributed by atoms with E-state index in [1.54, 1.807) is 24.3 Å². The summed E-state index contributed by atoms with van der Waals surface area (Å²) < 4.78 is 11.1. The van der Waals surface area contributed by atoms with E-state index in [9.17, 15) is 9.59 Å². The van der Waals surface area contributed by atoms with Gasteiger partial charge in [0.15, 0.2) is 0 Å². The lowest BCUT2D eigenvalue weighted by Crippen LogP contribution is -2.40. The summed E-state index contributed by atoms with van der Waals surface area (Å²) in [5.41, 5.74) is 7.25. The lowest BCUT2D eigenvalue weighted by Gasteiger charge is -2.26. The maximum atomic E-state index is 12.2. The molecule has 28 heavy (non-hydrogen) atoms. The molecule has 0 saturated carbocycles. The van der Waals surface area contributed by atoms with Crippen LogP contribution in [0.15, 0.2) is 55.1 Å². The van der Waals surface area contributed by atoms with Crippen molar-refractivity contribution in [1.82, 2.24) is 4.90 Å². The molecule has 1 aliphatic rings. The molecule has 2 N–H and O–H groups in total. The SMILES string of the molecule is C=C(C(N)=O)c1ccc(Oc2ccc(CCC(=O)N3CCOCC3)cc2)cc1. The van der Waals surface area contributed by atoms with Crippen LogP contribution in [0.2, 0.25) is 0 Å². The van der Waals surface area contributed by atoms with E-state index in [2.05, 4.69) is 6.58 Å². The van der Waals surface area contributed by atoms with Gasteiger partial charge in [0.25, 0.3) is 0 Å². The summed E-state index contributed by atoms with van der Waals surface area (Å²) in [6, 6.07) is 14.7. The first-order valence-corrected chi connectivity index (χ1v) is 9.24. The van der Waals surface area contributed by atoms with Crippen LogP contribution in [0, 0.1) is 0 Å². The van der Waals surface area contributed by atoms with Crippen LogP contribution >= 0.6 is 0 Å². The molecule has 2 amide bonds. The molecule has 1 aliphatic heterocycles. The fraction of sp³-hybridized carbons (Fsp3) is 0.273. The summed E-state index contributed by atoms with van der Waals surface area (Å²) in [4.78, 5) is 25.2. The van der Waals surface area contributed by atoms with Gasteiger partial charge in [-0.3, -0.25) is 9.59 Å². The van der Waals surface area contributed by atoms with Crippen LogP contribution in [0.5, 0.6) is 11.5 Å². The summed E-state index contributed by atoms with van der Waals surface area (Å²) in [6.07, 6.45) is 1.19. The van der Waals surface area contributed by atoms with Gasteiger partial charge in [0, 0.05) is 25.1 Å². The number of primary amides is 1. The van der Waals surface area contributed by atoms with Crippen molar-refractivity contribution in [3.63, 3.8) is 0 Å². The van der Waals surface area contributed by atoms with Gasteiger partial charge in [0.1, 0.15) is 11.5 Å². The summed E-state index contributed by atoms with van der Waals surface area (Å²) in [5, 5.41) is 0. The van der Waals surface area contributed by atoms with Gasteiger partial charge in [-0.15, -0.1) is 0 Å². The molecular formula is C22H24N2O4. The summed E-state index contributed by atoms with van der Waals surface area (Å²) in [7, 11) is 0. The minimum absolute atomic E-state index is 0.168. The van der Waals surface area contributed by atoms with Gasteiger partial charge in [0.2, 0.25) is 11.8 Å². The van der Waals surface area contributed by atoms with Crippen molar-refractivity contribution >= 4 is 17.4 Å². The highest BCUT2D eigenvalue weighted by atomic mass is 16.5. The highest BCUT2D eigenvalue weighted by Crippen LogP contribution is 2.24. The first kappa shape index (κ1) is 19.6.